The highest BCUT2D eigenvalue weighted by molar-refractivity contribution is 7.99. The molecule has 8 heteroatoms. The van der Waals surface area contributed by atoms with Crippen LogP contribution in [0.4, 0.5) is 10.1 Å². The molecule has 2 aromatic heterocycles. The highest BCUT2D eigenvalue weighted by Crippen LogP contribution is 2.24. The summed E-state index contributed by atoms with van der Waals surface area (Å²) in [4.78, 5) is 16.7. The molecule has 0 spiro atoms. The zero-order valence-electron chi connectivity index (χ0n) is 17.3. The van der Waals surface area contributed by atoms with E-state index in [1.807, 2.05) is 54.6 Å². The molecular formula is C24H20FN5OS. The molecule has 0 saturated heterocycles. The predicted molar refractivity (Wildman–Crippen MR) is 125 cm³/mol. The molecule has 0 unspecified atom stereocenters. The Labute approximate surface area is 189 Å². The van der Waals surface area contributed by atoms with Gasteiger partial charge >= 0.3 is 0 Å². The molecule has 0 saturated carbocycles. The average Bonchev–Trinajstić information content (AvgIpc) is 3.17. The van der Waals surface area contributed by atoms with E-state index in [4.69, 9.17) is 0 Å². The molecule has 0 fully saturated rings. The fourth-order valence-corrected chi connectivity index (χ4v) is 3.73. The third-order valence-corrected chi connectivity index (χ3v) is 5.61. The number of nitrogens with zero attached hydrogens (tertiary/aromatic N) is 4. The van der Waals surface area contributed by atoms with Crippen LogP contribution in [0.3, 0.4) is 0 Å². The van der Waals surface area contributed by atoms with Crippen molar-refractivity contribution in [1.82, 2.24) is 19.7 Å². The number of benzene rings is 2. The zero-order valence-corrected chi connectivity index (χ0v) is 18.1. The second-order valence-corrected chi connectivity index (χ2v) is 7.84. The first-order valence-electron chi connectivity index (χ1n) is 9.86. The molecule has 0 bridgehead atoms. The van der Waals surface area contributed by atoms with Crippen molar-refractivity contribution in [1.29, 1.82) is 0 Å². The highest BCUT2D eigenvalue weighted by atomic mass is 32.2. The van der Waals surface area contributed by atoms with Crippen molar-refractivity contribution in [3.05, 3.63) is 90.0 Å². The van der Waals surface area contributed by atoms with Gasteiger partial charge in [0, 0.05) is 18.9 Å². The first-order valence-corrected chi connectivity index (χ1v) is 10.8. The first kappa shape index (κ1) is 21.5. The number of amides is 1. The quantitative estimate of drug-likeness (QED) is 0.409. The molecule has 1 N–H and O–H groups in total. The minimum atomic E-state index is -0.366. The van der Waals surface area contributed by atoms with E-state index >= 15 is 0 Å². The van der Waals surface area contributed by atoms with E-state index < -0.39 is 0 Å². The van der Waals surface area contributed by atoms with Gasteiger partial charge in [-0.3, -0.25) is 9.78 Å². The summed E-state index contributed by atoms with van der Waals surface area (Å²) in [7, 11) is 1.75. The lowest BCUT2D eigenvalue weighted by atomic mass is 10.1. The predicted octanol–water partition coefficient (Wildman–Crippen LogP) is 4.92. The number of halogens is 1. The summed E-state index contributed by atoms with van der Waals surface area (Å²) in [5.74, 6) is 0.0287. The lowest BCUT2D eigenvalue weighted by Gasteiger charge is -2.07. The maximum absolute atomic E-state index is 14.0. The van der Waals surface area contributed by atoms with E-state index in [2.05, 4.69) is 20.5 Å². The number of carbonyl (C=O) groups excluding carboxylic acids is 1. The molecule has 0 atom stereocenters. The minimum Gasteiger partial charge on any atom is -0.325 e. The number of nitrogens with one attached hydrogen (secondary N) is 1. The summed E-state index contributed by atoms with van der Waals surface area (Å²) >= 11 is 1.24. The van der Waals surface area contributed by atoms with Crippen molar-refractivity contribution in [2.24, 2.45) is 7.05 Å². The van der Waals surface area contributed by atoms with Crippen molar-refractivity contribution in [2.45, 2.75) is 5.16 Å². The summed E-state index contributed by atoms with van der Waals surface area (Å²) in [6.07, 6.45) is 5.60. The molecule has 32 heavy (non-hydrogen) atoms. The summed E-state index contributed by atoms with van der Waals surface area (Å²) in [6, 6.07) is 19.7. The standard InChI is InChI=1S/C24H20FN5OS/c1-30-23(20-10-2-3-11-21(20)25)28-29-24(30)32-16-22(31)27-19-9-6-7-17(15-19)12-13-18-8-4-5-14-26-18/h2-15H,16H2,1H3,(H,27,31). The monoisotopic (exact) mass is 445 g/mol. The van der Waals surface area contributed by atoms with Crippen LogP contribution in [0, 0.1) is 5.82 Å². The van der Waals surface area contributed by atoms with Crippen molar-refractivity contribution < 1.29 is 9.18 Å². The Morgan fingerprint density at radius 3 is 2.72 bits per heavy atom. The molecule has 160 valence electrons. The SMILES string of the molecule is Cn1c(SCC(=O)Nc2cccc(C=Cc3ccccn3)c2)nnc1-c1ccccc1F. The van der Waals surface area contributed by atoms with E-state index in [1.165, 1.54) is 17.8 Å². The number of carbonyl (C=O) groups is 1. The third kappa shape index (κ3) is 5.28. The summed E-state index contributed by atoms with van der Waals surface area (Å²) in [6.45, 7) is 0. The third-order valence-electron chi connectivity index (χ3n) is 4.59. The topological polar surface area (TPSA) is 72.7 Å². The number of pyridine rings is 1. The van der Waals surface area contributed by atoms with E-state index in [9.17, 15) is 9.18 Å². The van der Waals surface area contributed by atoms with Crippen LogP contribution in [0.2, 0.25) is 0 Å². The Bertz CT molecular complexity index is 1260. The second kappa shape index (κ2) is 10.0. The van der Waals surface area contributed by atoms with Crippen molar-refractivity contribution in [3.63, 3.8) is 0 Å². The van der Waals surface area contributed by atoms with Gasteiger partial charge in [0.05, 0.1) is 17.0 Å². The Hall–Kier alpha value is -3.78. The largest absolute Gasteiger partial charge is 0.325 e. The van der Waals surface area contributed by atoms with Crippen LogP contribution in [0.15, 0.2) is 78.1 Å². The number of aromatic nitrogens is 4. The molecule has 6 nitrogen and oxygen atoms in total. The van der Waals surface area contributed by atoms with Crippen LogP contribution in [-0.4, -0.2) is 31.4 Å². The van der Waals surface area contributed by atoms with Gasteiger partial charge in [0.1, 0.15) is 5.82 Å². The molecule has 2 aromatic carbocycles. The summed E-state index contributed by atoms with van der Waals surface area (Å²) in [5, 5.41) is 11.6. The van der Waals surface area contributed by atoms with Crippen LogP contribution < -0.4 is 5.32 Å². The van der Waals surface area contributed by atoms with Crippen LogP contribution >= 0.6 is 11.8 Å². The lowest BCUT2D eigenvalue weighted by molar-refractivity contribution is -0.113. The molecule has 1 amide bonds. The van der Waals surface area contributed by atoms with E-state index in [0.29, 0.717) is 22.2 Å². The van der Waals surface area contributed by atoms with Crippen LogP contribution in [0.5, 0.6) is 0 Å². The number of hydrogen-bond donors (Lipinski definition) is 1. The molecular weight excluding hydrogens is 425 g/mol. The van der Waals surface area contributed by atoms with Gasteiger partial charge in [0.25, 0.3) is 0 Å². The normalized spacial score (nSPS) is 11.1. The highest BCUT2D eigenvalue weighted by Gasteiger charge is 2.15. The molecule has 2 heterocycles. The fraction of sp³-hybridized carbons (Fsp3) is 0.0833. The average molecular weight is 446 g/mol. The van der Waals surface area contributed by atoms with E-state index in [-0.39, 0.29) is 17.5 Å². The number of thioether (sulfide) groups is 1. The number of hydrogen-bond acceptors (Lipinski definition) is 5. The molecule has 4 rings (SSSR count). The van der Waals surface area contributed by atoms with Gasteiger partial charge in [0.2, 0.25) is 5.91 Å². The Kier molecular flexibility index (Phi) is 6.72. The van der Waals surface area contributed by atoms with Gasteiger partial charge < -0.3 is 9.88 Å². The maximum Gasteiger partial charge on any atom is 0.234 e. The van der Waals surface area contributed by atoms with Gasteiger partial charge in [-0.2, -0.15) is 0 Å². The van der Waals surface area contributed by atoms with E-state index in [0.717, 1.165) is 11.3 Å². The van der Waals surface area contributed by atoms with Crippen LogP contribution in [-0.2, 0) is 11.8 Å². The molecule has 4 aromatic rings. The fourth-order valence-electron chi connectivity index (χ4n) is 3.02. The van der Waals surface area contributed by atoms with E-state index in [1.54, 1.807) is 36.0 Å². The number of rotatable bonds is 7. The smallest absolute Gasteiger partial charge is 0.234 e. The van der Waals surface area contributed by atoms with Gasteiger partial charge in [0.15, 0.2) is 11.0 Å². The maximum atomic E-state index is 14.0. The van der Waals surface area contributed by atoms with Crippen molar-refractivity contribution in [3.8, 4) is 11.4 Å². The lowest BCUT2D eigenvalue weighted by Crippen LogP contribution is -2.14. The molecule has 0 aliphatic carbocycles. The van der Waals surface area contributed by atoms with Gasteiger partial charge in [-0.05, 0) is 48.0 Å². The van der Waals surface area contributed by atoms with Gasteiger partial charge in [-0.15, -0.1) is 10.2 Å². The van der Waals surface area contributed by atoms with Gasteiger partial charge in [-0.1, -0.05) is 48.2 Å². The van der Waals surface area contributed by atoms with Crippen molar-refractivity contribution in [2.75, 3.05) is 11.1 Å². The Balaban J connectivity index is 1.37. The Morgan fingerprint density at radius 2 is 1.91 bits per heavy atom. The molecule has 0 aliphatic heterocycles. The molecule has 0 aliphatic rings. The van der Waals surface area contributed by atoms with Crippen LogP contribution in [0.25, 0.3) is 23.5 Å². The number of anilines is 1. The second-order valence-electron chi connectivity index (χ2n) is 6.90. The summed E-state index contributed by atoms with van der Waals surface area (Å²) < 4.78 is 15.7. The summed E-state index contributed by atoms with van der Waals surface area (Å²) in [5.41, 5.74) is 2.87. The van der Waals surface area contributed by atoms with Crippen molar-refractivity contribution >= 4 is 35.5 Å². The van der Waals surface area contributed by atoms with Crippen LogP contribution in [0.1, 0.15) is 11.3 Å². The molecule has 0 radical (unpaired) electrons. The minimum absolute atomic E-state index is 0.150. The first-order chi connectivity index (χ1) is 15.6. The Morgan fingerprint density at radius 1 is 1.06 bits per heavy atom. The zero-order chi connectivity index (χ0) is 22.3. The van der Waals surface area contributed by atoms with Gasteiger partial charge in [-0.25, -0.2) is 4.39 Å².